The van der Waals surface area contributed by atoms with E-state index in [1.54, 1.807) is 12.1 Å². The molecule has 10 heteroatoms. The Balaban J connectivity index is 1.27. The normalized spacial score (nSPS) is 21.0. The zero-order valence-electron chi connectivity index (χ0n) is 19.6. The highest BCUT2D eigenvalue weighted by Gasteiger charge is 2.58. The number of carbonyl (C=O) groups excluding carboxylic acids is 3. The van der Waals surface area contributed by atoms with Crippen molar-refractivity contribution in [2.45, 2.75) is 18.9 Å². The highest BCUT2D eigenvalue weighted by atomic mass is 16.4. The van der Waals surface area contributed by atoms with Crippen molar-refractivity contribution in [3.63, 3.8) is 0 Å². The van der Waals surface area contributed by atoms with Crippen LogP contribution in [0.15, 0.2) is 54.6 Å². The molecule has 0 bridgehead atoms. The monoisotopic (exact) mass is 487 g/mol. The second-order valence-corrected chi connectivity index (χ2v) is 9.26. The van der Waals surface area contributed by atoms with E-state index in [1.165, 1.54) is 0 Å². The predicted molar refractivity (Wildman–Crippen MR) is 131 cm³/mol. The standard InChI is InChI=1S/C26H25N5O5/c1-15-10-18(20-4-2-3-5-21(20)28-15)11-16-6-8-17(9-7-16)22(32)27-12-19-13-31(25(35)36)14-26(19)23(33)29-24(34)30-26/h2-10,19H,11-14H2,1H3,(H,27,32)(H,35,36)(H2,29,30,33,34). The first-order chi connectivity index (χ1) is 17.2. The molecule has 0 aliphatic carbocycles. The number of imide groups is 1. The van der Waals surface area contributed by atoms with Crippen LogP contribution in [0.25, 0.3) is 10.9 Å². The number of likely N-dealkylation sites (tertiary alicyclic amines) is 1. The van der Waals surface area contributed by atoms with Gasteiger partial charge in [0, 0.05) is 35.7 Å². The molecule has 2 saturated heterocycles. The van der Waals surface area contributed by atoms with Crippen molar-refractivity contribution in [2.24, 2.45) is 5.92 Å². The average molecular weight is 488 g/mol. The summed E-state index contributed by atoms with van der Waals surface area (Å²) in [5, 5.41) is 18.0. The Morgan fingerprint density at radius 2 is 1.92 bits per heavy atom. The lowest BCUT2D eigenvalue weighted by atomic mass is 9.87. The highest BCUT2D eigenvalue weighted by Crippen LogP contribution is 2.30. The minimum Gasteiger partial charge on any atom is -0.465 e. The maximum atomic E-state index is 12.8. The van der Waals surface area contributed by atoms with E-state index in [0.717, 1.165) is 32.6 Å². The number of carbonyl (C=O) groups is 4. The highest BCUT2D eigenvalue weighted by molar-refractivity contribution is 6.08. The molecule has 36 heavy (non-hydrogen) atoms. The number of nitrogens with one attached hydrogen (secondary N) is 3. The van der Waals surface area contributed by atoms with Gasteiger partial charge in [0.15, 0.2) is 0 Å². The van der Waals surface area contributed by atoms with E-state index < -0.39 is 29.5 Å². The summed E-state index contributed by atoms with van der Waals surface area (Å²) in [4.78, 5) is 54.2. The summed E-state index contributed by atoms with van der Waals surface area (Å²) in [7, 11) is 0. The number of nitrogens with zero attached hydrogens (tertiary/aromatic N) is 2. The van der Waals surface area contributed by atoms with E-state index in [4.69, 9.17) is 0 Å². The fourth-order valence-corrected chi connectivity index (χ4v) is 5.06. The first-order valence-electron chi connectivity index (χ1n) is 11.6. The number of amides is 5. The largest absolute Gasteiger partial charge is 0.465 e. The van der Waals surface area contributed by atoms with Crippen LogP contribution in [0.3, 0.4) is 0 Å². The van der Waals surface area contributed by atoms with Gasteiger partial charge in [0.05, 0.1) is 12.1 Å². The van der Waals surface area contributed by atoms with Crippen molar-refractivity contribution in [1.82, 2.24) is 25.8 Å². The number of urea groups is 1. The van der Waals surface area contributed by atoms with Gasteiger partial charge < -0.3 is 20.6 Å². The Kier molecular flexibility index (Phi) is 5.79. The van der Waals surface area contributed by atoms with Crippen LogP contribution in [0.4, 0.5) is 9.59 Å². The van der Waals surface area contributed by atoms with Crippen molar-refractivity contribution in [1.29, 1.82) is 0 Å². The quantitative estimate of drug-likeness (QED) is 0.406. The van der Waals surface area contributed by atoms with Crippen molar-refractivity contribution >= 4 is 34.8 Å². The minimum atomic E-state index is -1.39. The molecule has 0 saturated carbocycles. The number of fused-ring (bicyclic) bond motifs is 1. The van der Waals surface area contributed by atoms with E-state index in [0.29, 0.717) is 12.0 Å². The van der Waals surface area contributed by atoms with E-state index in [-0.39, 0.29) is 25.5 Å². The molecule has 3 heterocycles. The molecule has 2 aromatic carbocycles. The molecule has 2 atom stereocenters. The zero-order chi connectivity index (χ0) is 25.4. The Labute approximate surface area is 206 Å². The van der Waals surface area contributed by atoms with E-state index in [2.05, 4.69) is 27.0 Å². The molecular formula is C26H25N5O5. The Morgan fingerprint density at radius 1 is 1.17 bits per heavy atom. The third-order valence-electron chi connectivity index (χ3n) is 6.87. The molecule has 4 N–H and O–H groups in total. The molecule has 1 aromatic heterocycles. The van der Waals surface area contributed by atoms with Crippen molar-refractivity contribution < 1.29 is 24.3 Å². The van der Waals surface area contributed by atoms with E-state index in [9.17, 15) is 24.3 Å². The van der Waals surface area contributed by atoms with Crippen LogP contribution in [0.5, 0.6) is 0 Å². The third kappa shape index (κ3) is 4.21. The molecule has 2 aliphatic heterocycles. The van der Waals surface area contributed by atoms with Gasteiger partial charge in [0.25, 0.3) is 11.8 Å². The van der Waals surface area contributed by atoms with Gasteiger partial charge in [-0.1, -0.05) is 30.3 Å². The summed E-state index contributed by atoms with van der Waals surface area (Å²) >= 11 is 0. The molecule has 10 nitrogen and oxygen atoms in total. The Hall–Kier alpha value is -4.47. The molecule has 5 amide bonds. The van der Waals surface area contributed by atoms with Gasteiger partial charge in [-0.3, -0.25) is 19.9 Å². The SMILES string of the molecule is Cc1cc(Cc2ccc(C(=O)NCC3CN(C(=O)O)CC34NC(=O)NC4=O)cc2)c2ccccc2n1. The number of para-hydroxylation sites is 1. The van der Waals surface area contributed by atoms with Crippen molar-refractivity contribution in [3.05, 3.63) is 77.0 Å². The van der Waals surface area contributed by atoms with Crippen LogP contribution in [-0.2, 0) is 11.2 Å². The second-order valence-electron chi connectivity index (χ2n) is 9.26. The fourth-order valence-electron chi connectivity index (χ4n) is 5.06. The summed E-state index contributed by atoms with van der Waals surface area (Å²) in [5.41, 5.74) is 3.13. The van der Waals surface area contributed by atoms with Gasteiger partial charge in [-0.15, -0.1) is 0 Å². The molecule has 2 aliphatic rings. The molecular weight excluding hydrogens is 462 g/mol. The van der Waals surface area contributed by atoms with Crippen LogP contribution in [0.2, 0.25) is 0 Å². The maximum Gasteiger partial charge on any atom is 0.407 e. The number of hydrogen-bond acceptors (Lipinski definition) is 5. The zero-order valence-corrected chi connectivity index (χ0v) is 19.6. The first-order valence-corrected chi connectivity index (χ1v) is 11.6. The number of benzene rings is 2. The minimum absolute atomic E-state index is 0.0154. The summed E-state index contributed by atoms with van der Waals surface area (Å²) in [6.07, 6.45) is -0.499. The van der Waals surface area contributed by atoms with Crippen LogP contribution in [0, 0.1) is 12.8 Å². The summed E-state index contributed by atoms with van der Waals surface area (Å²) in [6, 6.07) is 16.7. The van der Waals surface area contributed by atoms with E-state index >= 15 is 0 Å². The average Bonchev–Trinajstić information content (AvgIpc) is 3.36. The number of carboxylic acid groups (broad SMARTS) is 1. The van der Waals surface area contributed by atoms with Gasteiger partial charge >= 0.3 is 12.1 Å². The maximum absolute atomic E-state index is 12.8. The Bertz CT molecular complexity index is 1390. The fraction of sp³-hybridized carbons (Fsp3) is 0.269. The summed E-state index contributed by atoms with van der Waals surface area (Å²) in [5.74, 6) is -1.54. The lowest BCUT2D eigenvalue weighted by Gasteiger charge is -2.26. The number of hydrogen-bond donors (Lipinski definition) is 4. The molecule has 1 spiro atoms. The lowest BCUT2D eigenvalue weighted by Crippen LogP contribution is -2.56. The number of aromatic nitrogens is 1. The smallest absolute Gasteiger partial charge is 0.407 e. The Morgan fingerprint density at radius 3 is 2.61 bits per heavy atom. The van der Waals surface area contributed by atoms with Crippen molar-refractivity contribution in [2.75, 3.05) is 19.6 Å². The number of rotatable bonds is 5. The van der Waals surface area contributed by atoms with Gasteiger partial charge in [-0.2, -0.15) is 0 Å². The molecule has 2 fully saturated rings. The number of pyridine rings is 1. The van der Waals surface area contributed by atoms with Crippen molar-refractivity contribution in [3.8, 4) is 0 Å². The molecule has 2 unspecified atom stereocenters. The van der Waals surface area contributed by atoms with Gasteiger partial charge in [0.1, 0.15) is 5.54 Å². The third-order valence-corrected chi connectivity index (χ3v) is 6.87. The van der Waals surface area contributed by atoms with E-state index in [1.807, 2.05) is 43.3 Å². The van der Waals surface area contributed by atoms with Gasteiger partial charge in [0.2, 0.25) is 0 Å². The lowest BCUT2D eigenvalue weighted by molar-refractivity contribution is -0.124. The molecule has 3 aromatic rings. The van der Waals surface area contributed by atoms with Crippen LogP contribution >= 0.6 is 0 Å². The van der Waals surface area contributed by atoms with Gasteiger partial charge in [-0.25, -0.2) is 9.59 Å². The van der Waals surface area contributed by atoms with Gasteiger partial charge in [-0.05, 0) is 48.7 Å². The summed E-state index contributed by atoms with van der Waals surface area (Å²) < 4.78 is 0. The van der Waals surface area contributed by atoms with Crippen LogP contribution in [-0.4, -0.2) is 64.1 Å². The predicted octanol–water partition coefficient (Wildman–Crippen LogP) is 2.05. The van der Waals surface area contributed by atoms with Crippen LogP contribution in [0.1, 0.15) is 27.2 Å². The second kappa shape index (κ2) is 8.95. The topological polar surface area (TPSA) is 141 Å². The summed E-state index contributed by atoms with van der Waals surface area (Å²) in [6.45, 7) is 1.84. The molecule has 5 rings (SSSR count). The first kappa shape index (κ1) is 23.3. The van der Waals surface area contributed by atoms with Crippen LogP contribution < -0.4 is 16.0 Å². The number of aryl methyl sites for hydroxylation is 1. The molecule has 184 valence electrons. The molecule has 0 radical (unpaired) electrons.